The van der Waals surface area contributed by atoms with Crippen molar-refractivity contribution in [3.8, 4) is 0 Å². The smallest absolute Gasteiger partial charge is 0.326 e. The molecule has 154 valence electrons. The average molecular weight is 388 g/mol. The van der Waals surface area contributed by atoms with Crippen LogP contribution in [0.15, 0.2) is 0 Å². The number of carboxylic acids is 1. The van der Waals surface area contributed by atoms with Crippen LogP contribution < -0.4 is 5.32 Å². The number of aliphatic carboxylic acids is 1. The zero-order chi connectivity index (χ0) is 19.5. The van der Waals surface area contributed by atoms with Crippen LogP contribution >= 0.6 is 11.8 Å². The number of amides is 1. The number of carboxylic acid groups (broad SMARTS) is 1. The van der Waals surface area contributed by atoms with E-state index in [1.807, 2.05) is 6.26 Å². The van der Waals surface area contributed by atoms with Crippen LogP contribution in [-0.2, 0) is 9.59 Å². The molecule has 0 saturated carbocycles. The molecule has 0 aliphatic carbocycles. The second-order valence-electron chi connectivity index (χ2n) is 7.23. The molecule has 0 rings (SSSR count). The number of thioether (sulfide) groups is 1. The number of carbonyl (C=O) groups is 2. The van der Waals surface area contributed by atoms with Crippen LogP contribution in [0.4, 0.5) is 0 Å². The lowest BCUT2D eigenvalue weighted by atomic mass is 10.0. The predicted octanol–water partition coefficient (Wildman–Crippen LogP) is 5.79. The molecule has 0 aromatic heterocycles. The van der Waals surface area contributed by atoms with E-state index in [1.165, 1.54) is 70.6 Å². The van der Waals surface area contributed by atoms with E-state index in [9.17, 15) is 9.59 Å². The van der Waals surface area contributed by atoms with Crippen LogP contribution in [0.2, 0.25) is 0 Å². The molecule has 0 aromatic rings. The molecule has 2 N–H and O–H groups in total. The van der Waals surface area contributed by atoms with Crippen molar-refractivity contribution in [2.75, 3.05) is 12.0 Å². The van der Waals surface area contributed by atoms with Gasteiger partial charge in [0.15, 0.2) is 0 Å². The molecule has 0 bridgehead atoms. The summed E-state index contributed by atoms with van der Waals surface area (Å²) in [5, 5.41) is 11.8. The molecule has 26 heavy (non-hydrogen) atoms. The van der Waals surface area contributed by atoms with Gasteiger partial charge < -0.3 is 10.4 Å². The lowest BCUT2D eigenvalue weighted by Gasteiger charge is -2.13. The van der Waals surface area contributed by atoms with Crippen molar-refractivity contribution >= 4 is 23.6 Å². The highest BCUT2D eigenvalue weighted by atomic mass is 32.2. The Morgan fingerprint density at radius 3 is 1.73 bits per heavy atom. The maximum absolute atomic E-state index is 11.8. The Bertz CT molecular complexity index is 350. The molecule has 0 fully saturated rings. The zero-order valence-electron chi connectivity index (χ0n) is 17.1. The highest BCUT2D eigenvalue weighted by molar-refractivity contribution is 7.98. The van der Waals surface area contributed by atoms with Gasteiger partial charge in [0.25, 0.3) is 0 Å². The van der Waals surface area contributed by atoms with E-state index in [4.69, 9.17) is 5.11 Å². The molecule has 1 atom stereocenters. The van der Waals surface area contributed by atoms with Crippen molar-refractivity contribution < 1.29 is 14.7 Å². The van der Waals surface area contributed by atoms with Crippen molar-refractivity contribution in [2.45, 2.75) is 109 Å². The van der Waals surface area contributed by atoms with Gasteiger partial charge in [0.2, 0.25) is 5.91 Å². The molecular formula is C21H41NO3S. The van der Waals surface area contributed by atoms with Crippen LogP contribution in [0.1, 0.15) is 103 Å². The molecule has 0 spiro atoms. The number of hydrogen-bond acceptors (Lipinski definition) is 3. The summed E-state index contributed by atoms with van der Waals surface area (Å²) in [7, 11) is 0. The fourth-order valence-corrected chi connectivity index (χ4v) is 3.53. The second kappa shape index (κ2) is 19.1. The minimum Gasteiger partial charge on any atom is -0.480 e. The van der Waals surface area contributed by atoms with E-state index < -0.39 is 12.0 Å². The number of nitrogens with one attached hydrogen (secondary N) is 1. The number of unbranched alkanes of at least 4 members (excludes halogenated alkanes) is 12. The van der Waals surface area contributed by atoms with Crippen molar-refractivity contribution in [1.29, 1.82) is 0 Å². The Labute approximate surface area is 165 Å². The number of carbonyl (C=O) groups excluding carboxylic acids is 1. The average Bonchev–Trinajstić information content (AvgIpc) is 2.62. The highest BCUT2D eigenvalue weighted by Gasteiger charge is 2.18. The standard InChI is InChI=1S/C21H41NO3S/c1-3-4-5-6-7-8-9-10-11-12-13-14-15-16-20(23)22-19(21(24)25)17-18-26-2/h19H,3-18H2,1-2H3,(H,22,23)(H,24,25)/t19-/m1/s1. The molecule has 0 aliphatic rings. The molecule has 4 nitrogen and oxygen atoms in total. The van der Waals surface area contributed by atoms with E-state index in [-0.39, 0.29) is 5.91 Å². The summed E-state index contributed by atoms with van der Waals surface area (Å²) in [4.78, 5) is 22.9. The zero-order valence-corrected chi connectivity index (χ0v) is 17.9. The van der Waals surface area contributed by atoms with Crippen molar-refractivity contribution in [3.63, 3.8) is 0 Å². The molecule has 0 radical (unpaired) electrons. The van der Waals surface area contributed by atoms with E-state index in [2.05, 4.69) is 12.2 Å². The SMILES string of the molecule is CCCCCCCCCCCCCCCC(=O)N[C@H](CCSC)C(=O)O. The Kier molecular flexibility index (Phi) is 18.5. The summed E-state index contributed by atoms with van der Waals surface area (Å²) in [6, 6.07) is -0.739. The monoisotopic (exact) mass is 387 g/mol. The fraction of sp³-hybridized carbons (Fsp3) is 0.905. The van der Waals surface area contributed by atoms with Gasteiger partial charge in [0, 0.05) is 6.42 Å². The predicted molar refractivity (Wildman–Crippen MR) is 113 cm³/mol. The van der Waals surface area contributed by atoms with Crippen molar-refractivity contribution in [1.82, 2.24) is 5.32 Å². The van der Waals surface area contributed by atoms with Gasteiger partial charge in [0.05, 0.1) is 0 Å². The summed E-state index contributed by atoms with van der Waals surface area (Å²) >= 11 is 1.60. The maximum atomic E-state index is 11.8. The second-order valence-corrected chi connectivity index (χ2v) is 8.22. The van der Waals surface area contributed by atoms with Gasteiger partial charge in [-0.05, 0) is 24.9 Å². The Hall–Kier alpha value is -0.710. The topological polar surface area (TPSA) is 66.4 Å². The normalized spacial score (nSPS) is 12.1. The van der Waals surface area contributed by atoms with Gasteiger partial charge in [-0.25, -0.2) is 4.79 Å². The fourth-order valence-electron chi connectivity index (χ4n) is 3.06. The molecule has 0 aromatic carbocycles. The van der Waals surface area contributed by atoms with E-state index in [1.54, 1.807) is 11.8 Å². The third kappa shape index (κ3) is 16.7. The highest BCUT2D eigenvalue weighted by Crippen LogP contribution is 2.13. The lowest BCUT2D eigenvalue weighted by Crippen LogP contribution is -2.41. The summed E-state index contributed by atoms with van der Waals surface area (Å²) < 4.78 is 0. The number of hydrogen-bond donors (Lipinski definition) is 2. The van der Waals surface area contributed by atoms with Gasteiger partial charge in [-0.1, -0.05) is 84.0 Å². The van der Waals surface area contributed by atoms with Crippen LogP contribution in [0, 0.1) is 0 Å². The maximum Gasteiger partial charge on any atom is 0.326 e. The first-order chi connectivity index (χ1) is 12.6. The first kappa shape index (κ1) is 25.3. The minimum atomic E-state index is -0.933. The first-order valence-corrected chi connectivity index (χ1v) is 12.0. The Balaban J connectivity index is 3.43. The van der Waals surface area contributed by atoms with Gasteiger partial charge in [0.1, 0.15) is 6.04 Å². The molecule has 1 amide bonds. The molecule has 5 heteroatoms. The lowest BCUT2D eigenvalue weighted by molar-refractivity contribution is -0.141. The Morgan fingerprint density at radius 2 is 1.31 bits per heavy atom. The summed E-state index contributed by atoms with van der Waals surface area (Å²) in [6.45, 7) is 2.26. The third-order valence-electron chi connectivity index (χ3n) is 4.75. The van der Waals surface area contributed by atoms with E-state index in [0.29, 0.717) is 12.8 Å². The molecule has 0 aliphatic heterocycles. The van der Waals surface area contributed by atoms with Crippen molar-refractivity contribution in [3.05, 3.63) is 0 Å². The molecule has 0 unspecified atom stereocenters. The van der Waals surface area contributed by atoms with E-state index in [0.717, 1.165) is 18.6 Å². The number of rotatable bonds is 19. The third-order valence-corrected chi connectivity index (χ3v) is 5.40. The van der Waals surface area contributed by atoms with Gasteiger partial charge in [-0.3, -0.25) is 4.79 Å². The largest absolute Gasteiger partial charge is 0.480 e. The van der Waals surface area contributed by atoms with Gasteiger partial charge in [-0.2, -0.15) is 11.8 Å². The summed E-state index contributed by atoms with van der Waals surface area (Å²) in [5.41, 5.74) is 0. The molecule has 0 saturated heterocycles. The van der Waals surface area contributed by atoms with Crippen LogP contribution in [0.5, 0.6) is 0 Å². The quantitative estimate of drug-likeness (QED) is 0.275. The van der Waals surface area contributed by atoms with E-state index >= 15 is 0 Å². The molecular weight excluding hydrogens is 346 g/mol. The summed E-state index contributed by atoms with van der Waals surface area (Å²) in [5.74, 6) is -0.310. The first-order valence-electron chi connectivity index (χ1n) is 10.6. The van der Waals surface area contributed by atoms with Crippen LogP contribution in [0.25, 0.3) is 0 Å². The van der Waals surface area contributed by atoms with Crippen LogP contribution in [0.3, 0.4) is 0 Å². The van der Waals surface area contributed by atoms with Gasteiger partial charge >= 0.3 is 5.97 Å². The minimum absolute atomic E-state index is 0.124. The van der Waals surface area contributed by atoms with Crippen molar-refractivity contribution in [2.24, 2.45) is 0 Å². The van der Waals surface area contributed by atoms with Gasteiger partial charge in [-0.15, -0.1) is 0 Å². The summed E-state index contributed by atoms with van der Waals surface area (Å²) in [6.07, 6.45) is 19.5. The Morgan fingerprint density at radius 1 is 0.846 bits per heavy atom. The molecule has 0 heterocycles. The van der Waals surface area contributed by atoms with Crippen LogP contribution in [-0.4, -0.2) is 35.0 Å².